The highest BCUT2D eigenvalue weighted by Crippen LogP contribution is 2.30. The molecule has 1 heterocycles. The standard InChI is InChI=1S/C17H27F3N2O2/c1-12-3-2-4-14(9-12)10-15(23)21-11-13-5-7-22(8-6-13)16(24)17(18,19)20/h12-14H,2-11H2,1H3,(H,21,23)/t12-,14-/m0/s1. The van der Waals surface area contributed by atoms with Crippen molar-refractivity contribution in [2.24, 2.45) is 17.8 Å². The minimum absolute atomic E-state index is 0.0443. The van der Waals surface area contributed by atoms with Gasteiger partial charge in [-0.1, -0.05) is 19.8 Å². The quantitative estimate of drug-likeness (QED) is 0.849. The molecule has 0 aromatic rings. The molecular formula is C17H27F3N2O2. The van der Waals surface area contributed by atoms with Gasteiger partial charge in [0.25, 0.3) is 0 Å². The SMILES string of the molecule is C[C@H]1CCC[C@H](CC(=O)NCC2CCN(C(=O)C(F)(F)F)CC2)C1. The second-order valence-corrected chi connectivity index (χ2v) is 7.38. The smallest absolute Gasteiger partial charge is 0.356 e. The van der Waals surface area contributed by atoms with Gasteiger partial charge in [-0.3, -0.25) is 9.59 Å². The van der Waals surface area contributed by atoms with Crippen LogP contribution in [0.25, 0.3) is 0 Å². The molecular weight excluding hydrogens is 321 g/mol. The lowest BCUT2D eigenvalue weighted by atomic mass is 9.81. The van der Waals surface area contributed by atoms with Crippen molar-refractivity contribution in [3.05, 3.63) is 0 Å². The highest BCUT2D eigenvalue weighted by atomic mass is 19.4. The topological polar surface area (TPSA) is 49.4 Å². The molecule has 2 atom stereocenters. The van der Waals surface area contributed by atoms with Crippen molar-refractivity contribution >= 4 is 11.8 Å². The lowest BCUT2D eigenvalue weighted by Crippen LogP contribution is -2.46. The van der Waals surface area contributed by atoms with E-state index in [2.05, 4.69) is 12.2 Å². The first-order valence-corrected chi connectivity index (χ1v) is 8.88. The second-order valence-electron chi connectivity index (χ2n) is 7.38. The second kappa shape index (κ2) is 8.21. The molecule has 2 amide bonds. The maximum atomic E-state index is 12.4. The van der Waals surface area contributed by atoms with E-state index >= 15 is 0 Å². The number of nitrogens with one attached hydrogen (secondary N) is 1. The molecule has 1 saturated carbocycles. The van der Waals surface area contributed by atoms with Crippen LogP contribution in [0.15, 0.2) is 0 Å². The average molecular weight is 348 g/mol. The van der Waals surface area contributed by atoms with Crippen molar-refractivity contribution < 1.29 is 22.8 Å². The van der Waals surface area contributed by atoms with Crippen LogP contribution in [0.4, 0.5) is 13.2 Å². The van der Waals surface area contributed by atoms with Crippen LogP contribution < -0.4 is 5.32 Å². The first-order chi connectivity index (χ1) is 11.3. The van der Waals surface area contributed by atoms with Gasteiger partial charge < -0.3 is 10.2 Å². The van der Waals surface area contributed by atoms with Gasteiger partial charge in [-0.25, -0.2) is 0 Å². The van der Waals surface area contributed by atoms with Gasteiger partial charge in [0.1, 0.15) is 0 Å². The van der Waals surface area contributed by atoms with Crippen LogP contribution >= 0.6 is 0 Å². The molecule has 1 aliphatic heterocycles. The third kappa shape index (κ3) is 5.67. The van der Waals surface area contributed by atoms with Crippen LogP contribution in [0.1, 0.15) is 51.9 Å². The number of amides is 2. The molecule has 0 unspecified atom stereocenters. The number of carbonyl (C=O) groups excluding carboxylic acids is 2. The number of likely N-dealkylation sites (tertiary alicyclic amines) is 1. The van der Waals surface area contributed by atoms with Crippen LogP contribution in [-0.2, 0) is 9.59 Å². The van der Waals surface area contributed by atoms with E-state index in [-0.39, 0.29) is 24.9 Å². The predicted molar refractivity (Wildman–Crippen MR) is 84.1 cm³/mol. The molecule has 0 bridgehead atoms. The van der Waals surface area contributed by atoms with Gasteiger partial charge in [0.2, 0.25) is 5.91 Å². The molecule has 0 aromatic carbocycles. The summed E-state index contributed by atoms with van der Waals surface area (Å²) in [5, 5.41) is 2.92. The average Bonchev–Trinajstić information content (AvgIpc) is 2.52. The van der Waals surface area contributed by atoms with Gasteiger partial charge in [0.15, 0.2) is 0 Å². The lowest BCUT2D eigenvalue weighted by molar-refractivity contribution is -0.186. The number of carbonyl (C=O) groups is 2. The zero-order valence-electron chi connectivity index (χ0n) is 14.2. The largest absolute Gasteiger partial charge is 0.471 e. The molecule has 4 nitrogen and oxygen atoms in total. The summed E-state index contributed by atoms with van der Waals surface area (Å²) in [5.74, 6) is -0.414. The number of hydrogen-bond donors (Lipinski definition) is 1. The summed E-state index contributed by atoms with van der Waals surface area (Å²) in [5.41, 5.74) is 0. The molecule has 2 rings (SSSR count). The Hall–Kier alpha value is -1.27. The van der Waals surface area contributed by atoms with E-state index in [9.17, 15) is 22.8 Å². The Balaban J connectivity index is 1.65. The molecule has 1 saturated heterocycles. The number of alkyl halides is 3. The molecule has 0 spiro atoms. The molecule has 1 N–H and O–H groups in total. The minimum atomic E-state index is -4.79. The van der Waals surface area contributed by atoms with E-state index in [1.165, 1.54) is 12.8 Å². The van der Waals surface area contributed by atoms with E-state index in [1.807, 2.05) is 0 Å². The van der Waals surface area contributed by atoms with Crippen molar-refractivity contribution in [2.75, 3.05) is 19.6 Å². The molecule has 138 valence electrons. The fraction of sp³-hybridized carbons (Fsp3) is 0.882. The Labute approximate surface area is 141 Å². The summed E-state index contributed by atoms with van der Waals surface area (Å²) in [4.78, 5) is 24.1. The molecule has 24 heavy (non-hydrogen) atoms. The minimum Gasteiger partial charge on any atom is -0.356 e. The van der Waals surface area contributed by atoms with Crippen molar-refractivity contribution in [1.29, 1.82) is 0 Å². The fourth-order valence-electron chi connectivity index (χ4n) is 3.86. The van der Waals surface area contributed by atoms with Crippen LogP contribution in [0, 0.1) is 17.8 Å². The Kier molecular flexibility index (Phi) is 6.52. The summed E-state index contributed by atoms with van der Waals surface area (Å²) in [7, 11) is 0. The Morgan fingerprint density at radius 3 is 2.33 bits per heavy atom. The highest BCUT2D eigenvalue weighted by molar-refractivity contribution is 5.81. The molecule has 0 aromatic heterocycles. The Bertz CT molecular complexity index is 446. The number of rotatable bonds is 4. The monoisotopic (exact) mass is 348 g/mol. The highest BCUT2D eigenvalue weighted by Gasteiger charge is 2.43. The van der Waals surface area contributed by atoms with Gasteiger partial charge >= 0.3 is 12.1 Å². The molecule has 7 heteroatoms. The van der Waals surface area contributed by atoms with Gasteiger partial charge in [-0.2, -0.15) is 13.2 Å². The van der Waals surface area contributed by atoms with Gasteiger partial charge in [-0.05, 0) is 43.4 Å². The molecule has 0 radical (unpaired) electrons. The maximum Gasteiger partial charge on any atom is 0.471 e. The zero-order chi connectivity index (χ0) is 17.7. The Morgan fingerprint density at radius 2 is 1.75 bits per heavy atom. The van der Waals surface area contributed by atoms with Crippen molar-refractivity contribution in [1.82, 2.24) is 10.2 Å². The van der Waals surface area contributed by atoms with Crippen LogP contribution in [0.2, 0.25) is 0 Å². The number of hydrogen-bond acceptors (Lipinski definition) is 2. The van der Waals surface area contributed by atoms with Crippen molar-refractivity contribution in [2.45, 2.75) is 58.0 Å². The molecule has 2 fully saturated rings. The summed E-state index contributed by atoms with van der Waals surface area (Å²) in [6, 6.07) is 0. The van der Waals surface area contributed by atoms with E-state index in [4.69, 9.17) is 0 Å². The van der Waals surface area contributed by atoms with Gasteiger partial charge in [-0.15, -0.1) is 0 Å². The third-order valence-electron chi connectivity index (χ3n) is 5.25. The summed E-state index contributed by atoms with van der Waals surface area (Å²) < 4.78 is 37.2. The van der Waals surface area contributed by atoms with E-state index in [1.54, 1.807) is 0 Å². The number of piperidine rings is 1. The van der Waals surface area contributed by atoms with Gasteiger partial charge in [0.05, 0.1) is 0 Å². The van der Waals surface area contributed by atoms with Crippen LogP contribution in [0.3, 0.4) is 0 Å². The fourth-order valence-corrected chi connectivity index (χ4v) is 3.86. The molecule has 1 aliphatic carbocycles. The van der Waals surface area contributed by atoms with Crippen LogP contribution in [0.5, 0.6) is 0 Å². The first-order valence-electron chi connectivity index (χ1n) is 8.88. The number of nitrogens with zero attached hydrogens (tertiary/aromatic N) is 1. The van der Waals surface area contributed by atoms with Crippen molar-refractivity contribution in [3.8, 4) is 0 Å². The third-order valence-corrected chi connectivity index (χ3v) is 5.25. The molecule has 2 aliphatic rings. The maximum absolute atomic E-state index is 12.4. The van der Waals surface area contributed by atoms with E-state index in [0.717, 1.165) is 17.7 Å². The Morgan fingerprint density at radius 1 is 1.08 bits per heavy atom. The zero-order valence-corrected chi connectivity index (χ0v) is 14.2. The first kappa shape index (κ1) is 19.1. The van der Waals surface area contributed by atoms with Gasteiger partial charge in [0, 0.05) is 26.1 Å². The summed E-state index contributed by atoms with van der Waals surface area (Å²) in [6.07, 6.45) is 1.40. The summed E-state index contributed by atoms with van der Waals surface area (Å²) in [6.45, 7) is 2.94. The number of halogens is 3. The summed E-state index contributed by atoms with van der Waals surface area (Å²) >= 11 is 0. The van der Waals surface area contributed by atoms with E-state index < -0.39 is 12.1 Å². The van der Waals surface area contributed by atoms with E-state index in [0.29, 0.717) is 37.6 Å². The van der Waals surface area contributed by atoms with Crippen molar-refractivity contribution in [3.63, 3.8) is 0 Å². The van der Waals surface area contributed by atoms with Crippen LogP contribution in [-0.4, -0.2) is 42.5 Å². The lowest BCUT2D eigenvalue weighted by Gasteiger charge is -2.32. The predicted octanol–water partition coefficient (Wildman–Crippen LogP) is 3.12. The normalized spacial score (nSPS) is 26.2.